The van der Waals surface area contributed by atoms with Gasteiger partial charge < -0.3 is 5.11 Å². The van der Waals surface area contributed by atoms with Crippen LogP contribution in [0.15, 0.2) is 77.8 Å². The van der Waals surface area contributed by atoms with Crippen LogP contribution >= 0.6 is 0 Å². The lowest BCUT2D eigenvalue weighted by atomic mass is 10.1. The Morgan fingerprint density at radius 2 is 1.64 bits per heavy atom. The van der Waals surface area contributed by atoms with E-state index in [9.17, 15) is 23.1 Å². The fourth-order valence-electron chi connectivity index (χ4n) is 3.06. The number of anilines is 2. The summed E-state index contributed by atoms with van der Waals surface area (Å²) < 4.78 is 38.9. The van der Waals surface area contributed by atoms with Gasteiger partial charge in [0.2, 0.25) is 0 Å². The van der Waals surface area contributed by atoms with Gasteiger partial charge >= 0.3 is 6.18 Å². The largest absolute Gasteiger partial charge is 0.508 e. The molecule has 0 unspecified atom stereocenters. The van der Waals surface area contributed by atoms with Crippen LogP contribution < -0.4 is 4.90 Å². The quantitative estimate of drug-likeness (QED) is 0.662. The van der Waals surface area contributed by atoms with Crippen LogP contribution in [0.4, 0.5) is 30.2 Å². The molecule has 4 rings (SSSR count). The zero-order valence-corrected chi connectivity index (χ0v) is 14.3. The van der Waals surface area contributed by atoms with E-state index in [2.05, 4.69) is 4.99 Å². The van der Waals surface area contributed by atoms with Crippen LogP contribution in [0.3, 0.4) is 0 Å². The second-order valence-corrected chi connectivity index (χ2v) is 6.19. The van der Waals surface area contributed by atoms with Gasteiger partial charge in [-0.1, -0.05) is 24.3 Å². The van der Waals surface area contributed by atoms with Gasteiger partial charge in [0.05, 0.1) is 16.9 Å². The molecule has 3 aromatic carbocycles. The number of amides is 1. The van der Waals surface area contributed by atoms with Crippen molar-refractivity contribution in [3.63, 3.8) is 0 Å². The number of aliphatic imine (C=N–C) groups is 1. The number of carbonyl (C=O) groups excluding carboxylic acids is 1. The van der Waals surface area contributed by atoms with Crippen LogP contribution in [0.25, 0.3) is 0 Å². The van der Waals surface area contributed by atoms with Crippen molar-refractivity contribution in [2.75, 3.05) is 4.90 Å². The zero-order valence-electron chi connectivity index (χ0n) is 14.3. The third kappa shape index (κ3) is 3.11. The highest BCUT2D eigenvalue weighted by atomic mass is 19.4. The van der Waals surface area contributed by atoms with E-state index in [1.165, 1.54) is 35.2 Å². The lowest BCUT2D eigenvalue weighted by Crippen LogP contribution is -2.25. The van der Waals surface area contributed by atoms with Crippen molar-refractivity contribution >= 4 is 28.7 Å². The zero-order chi connectivity index (χ0) is 19.9. The molecule has 7 heteroatoms. The van der Waals surface area contributed by atoms with E-state index in [4.69, 9.17) is 0 Å². The van der Waals surface area contributed by atoms with Gasteiger partial charge in [0.15, 0.2) is 0 Å². The smallest absolute Gasteiger partial charge is 0.416 e. The number of rotatable bonds is 2. The fraction of sp³-hybridized carbons (Fsp3) is 0.0476. The summed E-state index contributed by atoms with van der Waals surface area (Å²) in [5.74, 6) is -0.517. The van der Waals surface area contributed by atoms with Gasteiger partial charge in [-0.15, -0.1) is 0 Å². The molecule has 140 valence electrons. The predicted octanol–water partition coefficient (Wildman–Crippen LogP) is 5.21. The third-order valence-corrected chi connectivity index (χ3v) is 4.31. The Balaban J connectivity index is 1.85. The minimum Gasteiger partial charge on any atom is -0.508 e. The standard InChI is InChI=1S/C21H13F3N2O2/c22-21(23,24)13-5-4-6-14(11-13)25-19-17-10-9-16(27)12-18(17)26(20(19)28)15-7-2-1-3-8-15/h1-12,27H/b25-19-. The topological polar surface area (TPSA) is 52.9 Å². The molecule has 0 aromatic heterocycles. The lowest BCUT2D eigenvalue weighted by molar-refractivity contribution is -0.137. The molecule has 0 saturated carbocycles. The Labute approximate surface area is 158 Å². The molecule has 0 saturated heterocycles. The van der Waals surface area contributed by atoms with Crippen molar-refractivity contribution in [2.24, 2.45) is 4.99 Å². The van der Waals surface area contributed by atoms with Crippen LogP contribution in [-0.2, 0) is 11.0 Å². The summed E-state index contributed by atoms with van der Waals surface area (Å²) >= 11 is 0. The van der Waals surface area contributed by atoms with E-state index >= 15 is 0 Å². The first-order valence-electron chi connectivity index (χ1n) is 8.33. The SMILES string of the molecule is O=C1/C(=N\c2cccc(C(F)(F)F)c2)c2ccc(O)cc2N1c1ccccc1. The van der Waals surface area contributed by atoms with E-state index in [0.29, 0.717) is 16.9 Å². The number of fused-ring (bicyclic) bond motifs is 1. The molecule has 1 aliphatic rings. The number of halogens is 3. The van der Waals surface area contributed by atoms with E-state index in [-0.39, 0.29) is 17.1 Å². The molecule has 1 aliphatic heterocycles. The normalized spacial score (nSPS) is 15.2. The van der Waals surface area contributed by atoms with Crippen LogP contribution in [0.2, 0.25) is 0 Å². The van der Waals surface area contributed by atoms with Crippen LogP contribution in [0.5, 0.6) is 5.75 Å². The van der Waals surface area contributed by atoms with Crippen molar-refractivity contribution < 1.29 is 23.1 Å². The first-order valence-corrected chi connectivity index (χ1v) is 8.33. The number of hydrogen-bond donors (Lipinski definition) is 1. The van der Waals surface area contributed by atoms with E-state index in [0.717, 1.165) is 12.1 Å². The monoisotopic (exact) mass is 382 g/mol. The Bertz CT molecular complexity index is 1090. The Hall–Kier alpha value is -3.61. The molecule has 3 aromatic rings. The first-order chi connectivity index (χ1) is 13.3. The molecule has 4 nitrogen and oxygen atoms in total. The highest BCUT2D eigenvalue weighted by molar-refractivity contribution is 6.56. The number of benzene rings is 3. The predicted molar refractivity (Wildman–Crippen MR) is 99.3 cm³/mol. The Kier molecular flexibility index (Phi) is 4.15. The van der Waals surface area contributed by atoms with Gasteiger partial charge in [-0.05, 0) is 42.5 Å². The molecule has 1 heterocycles. The van der Waals surface area contributed by atoms with Crippen molar-refractivity contribution in [3.8, 4) is 5.75 Å². The number of para-hydroxylation sites is 1. The highest BCUT2D eigenvalue weighted by Gasteiger charge is 2.36. The molecule has 0 radical (unpaired) electrons. The number of phenols is 1. The molecule has 0 fully saturated rings. The molecule has 28 heavy (non-hydrogen) atoms. The highest BCUT2D eigenvalue weighted by Crippen LogP contribution is 2.39. The summed E-state index contributed by atoms with van der Waals surface area (Å²) in [6.45, 7) is 0. The van der Waals surface area contributed by atoms with Gasteiger partial charge in [0.1, 0.15) is 11.5 Å². The van der Waals surface area contributed by atoms with Crippen molar-refractivity contribution in [2.45, 2.75) is 6.18 Å². The van der Waals surface area contributed by atoms with E-state index in [1.54, 1.807) is 30.3 Å². The minimum atomic E-state index is -4.50. The van der Waals surface area contributed by atoms with Gasteiger partial charge in [-0.3, -0.25) is 9.69 Å². The van der Waals surface area contributed by atoms with Crippen molar-refractivity contribution in [1.82, 2.24) is 0 Å². The summed E-state index contributed by atoms with van der Waals surface area (Å²) in [4.78, 5) is 18.6. The minimum absolute atomic E-state index is 0.0122. The van der Waals surface area contributed by atoms with E-state index in [1.807, 2.05) is 0 Å². The second kappa shape index (κ2) is 6.53. The number of nitrogens with zero attached hydrogens (tertiary/aromatic N) is 2. The molecule has 1 N–H and O–H groups in total. The van der Waals surface area contributed by atoms with Crippen LogP contribution in [-0.4, -0.2) is 16.7 Å². The van der Waals surface area contributed by atoms with Crippen LogP contribution in [0, 0.1) is 0 Å². The molecule has 0 bridgehead atoms. The number of alkyl halides is 3. The van der Waals surface area contributed by atoms with Gasteiger partial charge in [-0.25, -0.2) is 4.99 Å². The maximum Gasteiger partial charge on any atom is 0.416 e. The maximum atomic E-state index is 13.1. The van der Waals surface area contributed by atoms with Crippen molar-refractivity contribution in [3.05, 3.63) is 83.9 Å². The van der Waals surface area contributed by atoms with E-state index < -0.39 is 17.6 Å². The Morgan fingerprint density at radius 1 is 0.893 bits per heavy atom. The molecule has 0 spiro atoms. The number of aromatic hydroxyl groups is 1. The summed E-state index contributed by atoms with van der Waals surface area (Å²) in [5, 5.41) is 9.85. The average Bonchev–Trinajstić information content (AvgIpc) is 2.93. The van der Waals surface area contributed by atoms with Gasteiger partial charge in [-0.2, -0.15) is 13.2 Å². The molecule has 0 aliphatic carbocycles. The summed E-state index contributed by atoms with van der Waals surface area (Å²) in [6, 6.07) is 17.6. The molecular weight excluding hydrogens is 369 g/mol. The van der Waals surface area contributed by atoms with Crippen LogP contribution in [0.1, 0.15) is 11.1 Å². The molecule has 1 amide bonds. The molecular formula is C21H13F3N2O2. The number of carbonyl (C=O) groups is 1. The van der Waals surface area contributed by atoms with Gasteiger partial charge in [0, 0.05) is 17.3 Å². The summed E-state index contributed by atoms with van der Waals surface area (Å²) in [6.07, 6.45) is -4.50. The lowest BCUT2D eigenvalue weighted by Gasteiger charge is -2.16. The fourth-order valence-corrected chi connectivity index (χ4v) is 3.06. The third-order valence-electron chi connectivity index (χ3n) is 4.31. The number of hydrogen-bond acceptors (Lipinski definition) is 3. The average molecular weight is 382 g/mol. The Morgan fingerprint density at radius 3 is 2.36 bits per heavy atom. The van der Waals surface area contributed by atoms with Gasteiger partial charge in [0.25, 0.3) is 5.91 Å². The maximum absolute atomic E-state index is 13.1. The number of phenolic OH excluding ortho intramolecular Hbond substituents is 1. The second-order valence-electron chi connectivity index (χ2n) is 6.19. The first kappa shape index (κ1) is 17.8. The summed E-state index contributed by atoms with van der Waals surface area (Å²) in [5.41, 5.74) is 0.607. The molecule has 0 atom stereocenters. The summed E-state index contributed by atoms with van der Waals surface area (Å²) in [7, 11) is 0. The van der Waals surface area contributed by atoms with Crippen molar-refractivity contribution in [1.29, 1.82) is 0 Å².